The lowest BCUT2D eigenvalue weighted by Gasteiger charge is -2.12. The summed E-state index contributed by atoms with van der Waals surface area (Å²) in [7, 11) is 0. The van der Waals surface area contributed by atoms with E-state index in [1.165, 1.54) is 0 Å². The number of benzene rings is 1. The van der Waals surface area contributed by atoms with Gasteiger partial charge in [0.05, 0.1) is 22.9 Å². The molecule has 0 fully saturated rings. The Kier molecular flexibility index (Phi) is 3.84. The number of para-hydroxylation sites is 2. The largest absolute Gasteiger partial charge is 0.367 e. The minimum absolute atomic E-state index is 0.532. The number of aromatic nitrogens is 4. The van der Waals surface area contributed by atoms with Crippen LogP contribution in [-0.2, 0) is 0 Å². The zero-order valence-electron chi connectivity index (χ0n) is 14.7. The first kappa shape index (κ1) is 15.6. The summed E-state index contributed by atoms with van der Waals surface area (Å²) >= 11 is 0. The molecular formula is C20H21N5. The summed E-state index contributed by atoms with van der Waals surface area (Å²) in [6.45, 7) is 7.21. The highest BCUT2D eigenvalue weighted by Crippen LogP contribution is 2.28. The second-order valence-electron chi connectivity index (χ2n) is 6.71. The van der Waals surface area contributed by atoms with Crippen LogP contribution in [-0.4, -0.2) is 25.9 Å². The van der Waals surface area contributed by atoms with E-state index in [1.54, 1.807) is 0 Å². The molecule has 0 aliphatic heterocycles. The molecular weight excluding hydrogens is 310 g/mol. The third-order valence-corrected chi connectivity index (χ3v) is 4.21. The van der Waals surface area contributed by atoms with Gasteiger partial charge in [-0.3, -0.25) is 9.38 Å². The quantitative estimate of drug-likeness (QED) is 0.605. The van der Waals surface area contributed by atoms with Crippen molar-refractivity contribution in [2.75, 3.05) is 11.9 Å². The van der Waals surface area contributed by atoms with E-state index >= 15 is 0 Å². The molecule has 0 amide bonds. The molecule has 1 N–H and O–H groups in total. The summed E-state index contributed by atoms with van der Waals surface area (Å²) in [5.41, 5.74) is 5.90. The summed E-state index contributed by atoms with van der Waals surface area (Å²) in [4.78, 5) is 13.9. The normalized spacial score (nSPS) is 11.5. The second-order valence-corrected chi connectivity index (χ2v) is 6.71. The summed E-state index contributed by atoms with van der Waals surface area (Å²) in [6, 6.07) is 12.3. The van der Waals surface area contributed by atoms with Crippen LogP contribution in [0.4, 0.5) is 5.82 Å². The molecule has 0 saturated carbocycles. The second kappa shape index (κ2) is 6.16. The first-order chi connectivity index (χ1) is 12.1. The number of fused-ring (bicyclic) bond motifs is 3. The van der Waals surface area contributed by atoms with Crippen molar-refractivity contribution >= 4 is 22.5 Å². The number of hydrogen-bond acceptors (Lipinski definition) is 4. The lowest BCUT2D eigenvalue weighted by Crippen LogP contribution is -2.11. The fourth-order valence-electron chi connectivity index (χ4n) is 2.92. The standard InChI is InChI=1S/C20H21N5/c1-13(2)10-22-19-20-23-12-18(15-9-8-14(3)21-11-15)25(20)17-7-5-4-6-16(17)24-19/h4-9,11-13H,10H2,1-3H3,(H,22,24). The van der Waals surface area contributed by atoms with Gasteiger partial charge < -0.3 is 5.32 Å². The number of anilines is 1. The fraction of sp³-hybridized carbons (Fsp3) is 0.250. The average molecular weight is 331 g/mol. The van der Waals surface area contributed by atoms with Gasteiger partial charge in [0.25, 0.3) is 0 Å². The number of hydrogen-bond donors (Lipinski definition) is 1. The molecule has 25 heavy (non-hydrogen) atoms. The molecule has 0 unspecified atom stereocenters. The van der Waals surface area contributed by atoms with Gasteiger partial charge in [-0.15, -0.1) is 0 Å². The van der Waals surface area contributed by atoms with Crippen LogP contribution < -0.4 is 5.32 Å². The molecule has 0 aliphatic rings. The molecule has 0 saturated heterocycles. The molecule has 0 aliphatic carbocycles. The first-order valence-electron chi connectivity index (χ1n) is 8.56. The van der Waals surface area contributed by atoms with E-state index in [1.807, 2.05) is 43.6 Å². The van der Waals surface area contributed by atoms with Gasteiger partial charge in [0.15, 0.2) is 11.5 Å². The van der Waals surface area contributed by atoms with Gasteiger partial charge in [0, 0.05) is 24.0 Å². The van der Waals surface area contributed by atoms with Crippen LogP contribution in [0, 0.1) is 12.8 Å². The maximum atomic E-state index is 4.79. The highest BCUT2D eigenvalue weighted by molar-refractivity contribution is 5.86. The van der Waals surface area contributed by atoms with Crippen molar-refractivity contribution in [2.45, 2.75) is 20.8 Å². The Labute approximate surface area is 146 Å². The third-order valence-electron chi connectivity index (χ3n) is 4.21. The monoisotopic (exact) mass is 331 g/mol. The molecule has 0 atom stereocenters. The van der Waals surface area contributed by atoms with Crippen molar-refractivity contribution in [3.63, 3.8) is 0 Å². The molecule has 3 heterocycles. The molecule has 4 rings (SSSR count). The van der Waals surface area contributed by atoms with Gasteiger partial charge in [0.1, 0.15) is 0 Å². The average Bonchev–Trinajstić information content (AvgIpc) is 3.06. The van der Waals surface area contributed by atoms with E-state index in [0.717, 1.165) is 46.0 Å². The highest BCUT2D eigenvalue weighted by Gasteiger charge is 2.14. The Hall–Kier alpha value is -2.95. The summed E-state index contributed by atoms with van der Waals surface area (Å²) < 4.78 is 2.16. The summed E-state index contributed by atoms with van der Waals surface area (Å²) in [5.74, 6) is 1.35. The minimum Gasteiger partial charge on any atom is -0.367 e. The number of rotatable bonds is 4. The van der Waals surface area contributed by atoms with Crippen LogP contribution in [0.3, 0.4) is 0 Å². The van der Waals surface area contributed by atoms with Gasteiger partial charge in [0.2, 0.25) is 0 Å². The Morgan fingerprint density at radius 2 is 1.88 bits per heavy atom. The molecule has 0 radical (unpaired) electrons. The molecule has 1 aromatic carbocycles. The predicted molar refractivity (Wildman–Crippen MR) is 102 cm³/mol. The number of aryl methyl sites for hydroxylation is 1. The predicted octanol–water partition coefficient (Wildman–Crippen LogP) is 4.32. The van der Waals surface area contributed by atoms with Crippen molar-refractivity contribution in [3.05, 3.63) is 54.5 Å². The van der Waals surface area contributed by atoms with E-state index < -0.39 is 0 Å². The topological polar surface area (TPSA) is 55.1 Å². The zero-order valence-corrected chi connectivity index (χ0v) is 14.7. The van der Waals surface area contributed by atoms with Crippen LogP contribution in [0.1, 0.15) is 19.5 Å². The van der Waals surface area contributed by atoms with Gasteiger partial charge in [-0.2, -0.15) is 0 Å². The van der Waals surface area contributed by atoms with Crippen LogP contribution in [0.5, 0.6) is 0 Å². The van der Waals surface area contributed by atoms with Crippen molar-refractivity contribution < 1.29 is 0 Å². The van der Waals surface area contributed by atoms with Crippen LogP contribution >= 0.6 is 0 Å². The van der Waals surface area contributed by atoms with E-state index in [0.29, 0.717) is 5.92 Å². The van der Waals surface area contributed by atoms with Crippen LogP contribution in [0.25, 0.3) is 27.9 Å². The molecule has 0 bridgehead atoms. The van der Waals surface area contributed by atoms with Gasteiger partial charge in [-0.25, -0.2) is 9.97 Å². The van der Waals surface area contributed by atoms with E-state index in [-0.39, 0.29) is 0 Å². The van der Waals surface area contributed by atoms with E-state index in [2.05, 4.69) is 45.7 Å². The van der Waals surface area contributed by atoms with E-state index in [4.69, 9.17) is 4.98 Å². The van der Waals surface area contributed by atoms with Crippen LogP contribution in [0.15, 0.2) is 48.8 Å². The summed E-state index contributed by atoms with van der Waals surface area (Å²) in [5, 5.41) is 3.44. The van der Waals surface area contributed by atoms with Gasteiger partial charge in [-0.1, -0.05) is 26.0 Å². The van der Waals surface area contributed by atoms with E-state index in [9.17, 15) is 0 Å². The number of nitrogens with zero attached hydrogens (tertiary/aromatic N) is 4. The SMILES string of the molecule is Cc1ccc(-c2cnc3c(NCC(C)C)nc4ccccc4n23)cn1. The maximum absolute atomic E-state index is 4.79. The maximum Gasteiger partial charge on any atom is 0.181 e. The Balaban J connectivity index is 1.98. The van der Waals surface area contributed by atoms with Gasteiger partial charge in [-0.05, 0) is 37.1 Å². The van der Waals surface area contributed by atoms with Crippen molar-refractivity contribution in [1.29, 1.82) is 0 Å². The Bertz CT molecular complexity index is 1030. The molecule has 5 nitrogen and oxygen atoms in total. The first-order valence-corrected chi connectivity index (χ1v) is 8.56. The smallest absolute Gasteiger partial charge is 0.181 e. The zero-order chi connectivity index (χ0) is 17.4. The van der Waals surface area contributed by atoms with Crippen molar-refractivity contribution in [1.82, 2.24) is 19.4 Å². The highest BCUT2D eigenvalue weighted by atomic mass is 15.1. The molecule has 5 heteroatoms. The minimum atomic E-state index is 0.532. The molecule has 126 valence electrons. The number of pyridine rings is 1. The Morgan fingerprint density at radius 1 is 1.04 bits per heavy atom. The lowest BCUT2D eigenvalue weighted by molar-refractivity contribution is 0.687. The van der Waals surface area contributed by atoms with Crippen LogP contribution in [0.2, 0.25) is 0 Å². The van der Waals surface area contributed by atoms with Crippen molar-refractivity contribution in [3.8, 4) is 11.3 Å². The lowest BCUT2D eigenvalue weighted by atomic mass is 10.2. The van der Waals surface area contributed by atoms with Crippen molar-refractivity contribution in [2.24, 2.45) is 5.92 Å². The fourth-order valence-corrected chi connectivity index (χ4v) is 2.92. The van der Waals surface area contributed by atoms with Gasteiger partial charge >= 0.3 is 0 Å². The summed E-state index contributed by atoms with van der Waals surface area (Å²) in [6.07, 6.45) is 3.80. The molecule has 4 aromatic rings. The third kappa shape index (κ3) is 2.82. The molecule has 3 aromatic heterocycles. The Morgan fingerprint density at radius 3 is 2.64 bits per heavy atom. The number of imidazole rings is 1. The molecule has 0 spiro atoms. The number of nitrogens with one attached hydrogen (secondary N) is 1.